The van der Waals surface area contributed by atoms with Crippen LogP contribution in [0.25, 0.3) is 0 Å². The smallest absolute Gasteiger partial charge is 0.136 e. The van der Waals surface area contributed by atoms with Gasteiger partial charge in [-0.25, -0.2) is 4.39 Å². The number of benzene rings is 1. The molecule has 0 bridgehead atoms. The first-order valence-electron chi connectivity index (χ1n) is 5.26. The molecule has 1 atom stereocenters. The molecule has 2 rings (SSSR count). The molecule has 1 unspecified atom stereocenters. The summed E-state index contributed by atoms with van der Waals surface area (Å²) in [5.41, 5.74) is 0.338. The van der Waals surface area contributed by atoms with Gasteiger partial charge < -0.3 is 0 Å². The van der Waals surface area contributed by atoms with Crippen LogP contribution in [0.4, 0.5) is 4.39 Å². The van der Waals surface area contributed by atoms with Gasteiger partial charge in [0.2, 0.25) is 0 Å². The van der Waals surface area contributed by atoms with E-state index in [9.17, 15) is 9.18 Å². The molecule has 1 fully saturated rings. The lowest BCUT2D eigenvalue weighted by molar-refractivity contribution is -0.130. The van der Waals surface area contributed by atoms with Gasteiger partial charge in [0, 0.05) is 18.8 Å². The van der Waals surface area contributed by atoms with Crippen LogP contribution in [0, 0.1) is 22.6 Å². The molecule has 0 aromatic heterocycles. The third kappa shape index (κ3) is 1.61. The van der Waals surface area contributed by atoms with Gasteiger partial charge in [0.15, 0.2) is 0 Å². The lowest BCUT2D eigenvalue weighted by Gasteiger charge is -2.39. The third-order valence-corrected chi connectivity index (χ3v) is 3.45. The molecular formula is C13H12FNO. The van der Waals surface area contributed by atoms with Gasteiger partial charge in [0.25, 0.3) is 0 Å². The topological polar surface area (TPSA) is 40.9 Å². The fraction of sp³-hybridized carbons (Fsp3) is 0.385. The predicted octanol–water partition coefficient (Wildman–Crippen LogP) is 2.80. The quantitative estimate of drug-likeness (QED) is 0.764. The molecule has 1 aromatic carbocycles. The molecule has 1 aliphatic rings. The van der Waals surface area contributed by atoms with Crippen molar-refractivity contribution in [3.63, 3.8) is 0 Å². The molecule has 2 nitrogen and oxygen atoms in total. The second-order valence-electron chi connectivity index (χ2n) is 4.43. The molecule has 0 heterocycles. The molecule has 0 N–H and O–H groups in total. The number of rotatable bonds is 2. The van der Waals surface area contributed by atoms with Gasteiger partial charge >= 0.3 is 0 Å². The Balaban J connectivity index is 2.25. The van der Waals surface area contributed by atoms with Crippen LogP contribution in [0.1, 0.15) is 31.2 Å². The van der Waals surface area contributed by atoms with Crippen molar-refractivity contribution in [3.05, 3.63) is 35.6 Å². The summed E-state index contributed by atoms with van der Waals surface area (Å²) < 4.78 is 12.8. The summed E-state index contributed by atoms with van der Waals surface area (Å²) in [5, 5.41) is 9.16. The van der Waals surface area contributed by atoms with Gasteiger partial charge in [-0.3, -0.25) is 4.79 Å². The monoisotopic (exact) mass is 217 g/mol. The summed E-state index contributed by atoms with van der Waals surface area (Å²) in [6, 6.07) is 8.38. The Morgan fingerprint density at radius 2 is 1.94 bits per heavy atom. The molecule has 1 aromatic rings. The average Bonchev–Trinajstić information content (AvgIpc) is 2.24. The van der Waals surface area contributed by atoms with Crippen LogP contribution in [0.3, 0.4) is 0 Å². The van der Waals surface area contributed by atoms with Crippen molar-refractivity contribution in [1.29, 1.82) is 5.26 Å². The van der Waals surface area contributed by atoms with Crippen molar-refractivity contribution in [2.24, 2.45) is 5.41 Å². The Hall–Kier alpha value is -1.69. The number of halogens is 1. The van der Waals surface area contributed by atoms with E-state index >= 15 is 0 Å². The van der Waals surface area contributed by atoms with Crippen LogP contribution in [0.5, 0.6) is 0 Å². The number of carbonyl (C=O) groups is 1. The molecule has 1 aliphatic carbocycles. The van der Waals surface area contributed by atoms with E-state index in [4.69, 9.17) is 5.26 Å². The SMILES string of the molecule is CC(c1ccc(F)cc1)C1(C#N)CC(=O)C1. The van der Waals surface area contributed by atoms with E-state index in [1.165, 1.54) is 12.1 Å². The van der Waals surface area contributed by atoms with Gasteiger partial charge in [-0.1, -0.05) is 19.1 Å². The van der Waals surface area contributed by atoms with Gasteiger partial charge in [-0.05, 0) is 17.7 Å². The first-order chi connectivity index (χ1) is 7.57. The van der Waals surface area contributed by atoms with E-state index in [1.54, 1.807) is 12.1 Å². The molecule has 0 radical (unpaired) electrons. The highest BCUT2D eigenvalue weighted by Crippen LogP contribution is 2.48. The van der Waals surface area contributed by atoms with Crippen molar-refractivity contribution in [2.45, 2.75) is 25.7 Å². The number of ketones is 1. The minimum absolute atomic E-state index is 0.0317. The van der Waals surface area contributed by atoms with E-state index in [1.807, 2.05) is 6.92 Å². The van der Waals surface area contributed by atoms with Crippen LogP contribution in [-0.2, 0) is 4.79 Å². The van der Waals surface area contributed by atoms with Crippen molar-refractivity contribution >= 4 is 5.78 Å². The summed E-state index contributed by atoms with van der Waals surface area (Å²) in [6.07, 6.45) is 0.643. The van der Waals surface area contributed by atoms with E-state index in [2.05, 4.69) is 6.07 Å². The maximum atomic E-state index is 12.8. The number of carbonyl (C=O) groups excluding carboxylic acids is 1. The van der Waals surface area contributed by atoms with Gasteiger partial charge in [0.1, 0.15) is 11.6 Å². The van der Waals surface area contributed by atoms with E-state index in [0.29, 0.717) is 12.8 Å². The van der Waals surface area contributed by atoms with Crippen molar-refractivity contribution in [3.8, 4) is 6.07 Å². The van der Waals surface area contributed by atoms with Gasteiger partial charge in [0.05, 0.1) is 11.5 Å². The first kappa shape index (κ1) is 10.8. The summed E-state index contributed by atoms with van der Waals surface area (Å²) in [4.78, 5) is 11.1. The first-order valence-corrected chi connectivity index (χ1v) is 5.26. The van der Waals surface area contributed by atoms with Crippen LogP contribution < -0.4 is 0 Å². The molecule has 1 saturated carbocycles. The number of hydrogen-bond donors (Lipinski definition) is 0. The van der Waals surface area contributed by atoms with Crippen LogP contribution in [0.15, 0.2) is 24.3 Å². The number of Topliss-reactive ketones (excluding diaryl/α,β-unsaturated/α-hetero) is 1. The number of nitriles is 1. The molecule has 0 saturated heterocycles. The van der Waals surface area contributed by atoms with Crippen molar-refractivity contribution in [2.75, 3.05) is 0 Å². The minimum atomic E-state index is -0.574. The minimum Gasteiger partial charge on any atom is -0.300 e. The standard InChI is InChI=1S/C13H12FNO/c1-9(10-2-4-11(14)5-3-10)13(8-15)6-12(16)7-13/h2-5,9H,6-7H2,1H3. The van der Waals surface area contributed by atoms with Gasteiger partial charge in [-0.2, -0.15) is 5.26 Å². The molecule has 16 heavy (non-hydrogen) atoms. The van der Waals surface area contributed by atoms with E-state index < -0.39 is 5.41 Å². The Labute approximate surface area is 93.7 Å². The fourth-order valence-electron chi connectivity index (χ4n) is 2.20. The maximum Gasteiger partial charge on any atom is 0.136 e. The highest BCUT2D eigenvalue weighted by molar-refractivity contribution is 5.87. The summed E-state index contributed by atoms with van der Waals surface area (Å²) in [6.45, 7) is 1.92. The number of hydrogen-bond acceptors (Lipinski definition) is 2. The second kappa shape index (κ2) is 3.71. The summed E-state index contributed by atoms with van der Waals surface area (Å²) in [5.74, 6) is -0.182. The zero-order chi connectivity index (χ0) is 11.8. The fourth-order valence-corrected chi connectivity index (χ4v) is 2.20. The Morgan fingerprint density at radius 3 is 2.38 bits per heavy atom. The lowest BCUT2D eigenvalue weighted by atomic mass is 9.60. The number of nitrogens with zero attached hydrogens (tertiary/aromatic N) is 1. The third-order valence-electron chi connectivity index (χ3n) is 3.45. The van der Waals surface area contributed by atoms with Crippen molar-refractivity contribution in [1.82, 2.24) is 0 Å². The van der Waals surface area contributed by atoms with E-state index in [-0.39, 0.29) is 17.5 Å². The van der Waals surface area contributed by atoms with Crippen LogP contribution in [-0.4, -0.2) is 5.78 Å². The molecule has 0 spiro atoms. The molecule has 0 aliphatic heterocycles. The summed E-state index contributed by atoms with van der Waals surface area (Å²) in [7, 11) is 0. The highest BCUT2D eigenvalue weighted by atomic mass is 19.1. The highest BCUT2D eigenvalue weighted by Gasteiger charge is 2.48. The zero-order valence-corrected chi connectivity index (χ0v) is 9.03. The Bertz CT molecular complexity index is 450. The molecule has 3 heteroatoms. The molecule has 0 amide bonds. The largest absolute Gasteiger partial charge is 0.300 e. The normalized spacial score (nSPS) is 19.7. The second-order valence-corrected chi connectivity index (χ2v) is 4.43. The van der Waals surface area contributed by atoms with Crippen LogP contribution >= 0.6 is 0 Å². The Morgan fingerprint density at radius 1 is 1.38 bits per heavy atom. The maximum absolute atomic E-state index is 12.8. The van der Waals surface area contributed by atoms with Crippen LogP contribution in [0.2, 0.25) is 0 Å². The Kier molecular flexibility index (Phi) is 2.51. The van der Waals surface area contributed by atoms with Gasteiger partial charge in [-0.15, -0.1) is 0 Å². The molecule has 82 valence electrons. The average molecular weight is 217 g/mol. The predicted molar refractivity (Wildman–Crippen MR) is 57.1 cm³/mol. The van der Waals surface area contributed by atoms with Crippen molar-refractivity contribution < 1.29 is 9.18 Å². The molecular weight excluding hydrogens is 205 g/mol. The zero-order valence-electron chi connectivity index (χ0n) is 9.03. The lowest BCUT2D eigenvalue weighted by Crippen LogP contribution is -2.40. The summed E-state index contributed by atoms with van der Waals surface area (Å²) >= 11 is 0. The van der Waals surface area contributed by atoms with E-state index in [0.717, 1.165) is 5.56 Å².